The topological polar surface area (TPSA) is 15.3 Å². The molecular formula is C16H38N2. The summed E-state index contributed by atoms with van der Waals surface area (Å²) in [6.45, 7) is 6.92. The van der Waals surface area contributed by atoms with Crippen LogP contribution >= 0.6 is 0 Å². The Morgan fingerprint density at radius 2 is 1.06 bits per heavy atom. The van der Waals surface area contributed by atoms with E-state index in [-0.39, 0.29) is 0 Å². The first kappa shape index (κ1) is 20.2. The molecule has 0 fully saturated rings. The zero-order valence-electron chi connectivity index (χ0n) is 13.7. The molecule has 0 saturated carbocycles. The molecule has 0 aliphatic rings. The maximum Gasteiger partial charge on any atom is -0.00489 e. The second-order valence-electron chi connectivity index (χ2n) is 5.57. The summed E-state index contributed by atoms with van der Waals surface area (Å²) in [6.07, 6.45) is 12.6. The van der Waals surface area contributed by atoms with Crippen molar-refractivity contribution < 1.29 is 0 Å². The van der Waals surface area contributed by atoms with Crippen LogP contribution in [0.3, 0.4) is 0 Å². The van der Waals surface area contributed by atoms with Crippen LogP contribution < -0.4 is 5.32 Å². The zero-order valence-corrected chi connectivity index (χ0v) is 13.7. The number of nitrogens with one attached hydrogen (secondary N) is 1. The van der Waals surface area contributed by atoms with Crippen LogP contribution in [-0.4, -0.2) is 39.1 Å². The standard InChI is InChI=1S/C13H29N.C3H9N/c1-3-5-6-7-8-9-10-11-13-14-12-4-2;1-4(2)3/h14H,3-13H2,1-2H3;1-3H3. The second-order valence-corrected chi connectivity index (χ2v) is 5.57. The summed E-state index contributed by atoms with van der Waals surface area (Å²) in [5.41, 5.74) is 0. The summed E-state index contributed by atoms with van der Waals surface area (Å²) in [5, 5.41) is 3.45. The molecule has 0 aliphatic heterocycles. The first-order valence-corrected chi connectivity index (χ1v) is 7.96. The summed E-state index contributed by atoms with van der Waals surface area (Å²) in [5.74, 6) is 0. The third-order valence-electron chi connectivity index (χ3n) is 2.63. The smallest absolute Gasteiger partial charge is 0.00489 e. The third-order valence-corrected chi connectivity index (χ3v) is 2.63. The average Bonchev–Trinajstić information content (AvgIpc) is 2.31. The highest BCUT2D eigenvalue weighted by Gasteiger charge is 1.90. The Labute approximate surface area is 117 Å². The lowest BCUT2D eigenvalue weighted by Gasteiger charge is -2.03. The molecule has 0 atom stereocenters. The summed E-state index contributed by atoms with van der Waals surface area (Å²) < 4.78 is 0. The SMILES string of the molecule is CCCCCCCCCCNCCC.CN(C)C. The first-order chi connectivity index (χ1) is 8.65. The van der Waals surface area contributed by atoms with Gasteiger partial charge in [0.25, 0.3) is 0 Å². The molecule has 0 heterocycles. The van der Waals surface area contributed by atoms with E-state index in [1.165, 1.54) is 70.9 Å². The minimum Gasteiger partial charge on any atom is -0.317 e. The van der Waals surface area contributed by atoms with E-state index < -0.39 is 0 Å². The van der Waals surface area contributed by atoms with E-state index in [4.69, 9.17) is 0 Å². The summed E-state index contributed by atoms with van der Waals surface area (Å²) in [7, 11) is 6.00. The van der Waals surface area contributed by atoms with Crippen LogP contribution in [0.5, 0.6) is 0 Å². The van der Waals surface area contributed by atoms with Crippen LogP contribution in [0, 0.1) is 0 Å². The van der Waals surface area contributed by atoms with Gasteiger partial charge in [-0.25, -0.2) is 0 Å². The van der Waals surface area contributed by atoms with Gasteiger partial charge in [-0.3, -0.25) is 0 Å². The highest BCUT2D eigenvalue weighted by molar-refractivity contribution is 4.49. The lowest BCUT2D eigenvalue weighted by molar-refractivity contribution is 0.505. The maximum absolute atomic E-state index is 3.45. The quantitative estimate of drug-likeness (QED) is 0.556. The van der Waals surface area contributed by atoms with Gasteiger partial charge in [0.1, 0.15) is 0 Å². The molecular weight excluding hydrogens is 220 g/mol. The predicted octanol–water partition coefficient (Wildman–Crippen LogP) is 4.30. The predicted molar refractivity (Wildman–Crippen MR) is 85.4 cm³/mol. The number of hydrogen-bond acceptors (Lipinski definition) is 2. The Kier molecular flexibility index (Phi) is 21.7. The molecule has 1 N–H and O–H groups in total. The largest absolute Gasteiger partial charge is 0.317 e. The van der Waals surface area contributed by atoms with Gasteiger partial charge in [0, 0.05) is 0 Å². The van der Waals surface area contributed by atoms with Crippen molar-refractivity contribution >= 4 is 0 Å². The van der Waals surface area contributed by atoms with Crippen LogP contribution in [0.25, 0.3) is 0 Å². The molecule has 0 aromatic rings. The molecule has 0 bridgehead atoms. The molecule has 0 amide bonds. The van der Waals surface area contributed by atoms with E-state index in [1.54, 1.807) is 0 Å². The Morgan fingerprint density at radius 1 is 0.611 bits per heavy atom. The normalized spacial score (nSPS) is 10.3. The molecule has 0 aromatic heterocycles. The van der Waals surface area contributed by atoms with Crippen LogP contribution in [0.15, 0.2) is 0 Å². The molecule has 2 heteroatoms. The van der Waals surface area contributed by atoms with Crippen molar-refractivity contribution in [2.75, 3.05) is 34.2 Å². The minimum absolute atomic E-state index is 1.19. The van der Waals surface area contributed by atoms with Crippen molar-refractivity contribution in [1.82, 2.24) is 10.2 Å². The fourth-order valence-electron chi connectivity index (χ4n) is 1.69. The molecule has 0 unspecified atom stereocenters. The summed E-state index contributed by atoms with van der Waals surface area (Å²) in [4.78, 5) is 2.00. The van der Waals surface area contributed by atoms with Gasteiger partial charge < -0.3 is 10.2 Å². The van der Waals surface area contributed by atoms with Gasteiger partial charge >= 0.3 is 0 Å². The Bertz CT molecular complexity index is 110. The van der Waals surface area contributed by atoms with Crippen molar-refractivity contribution in [2.24, 2.45) is 0 Å². The van der Waals surface area contributed by atoms with E-state index in [9.17, 15) is 0 Å². The van der Waals surface area contributed by atoms with Crippen LogP contribution in [0.1, 0.15) is 71.6 Å². The Hall–Kier alpha value is -0.0800. The van der Waals surface area contributed by atoms with Gasteiger partial charge in [0.15, 0.2) is 0 Å². The van der Waals surface area contributed by atoms with Crippen molar-refractivity contribution in [3.05, 3.63) is 0 Å². The summed E-state index contributed by atoms with van der Waals surface area (Å²) in [6, 6.07) is 0. The fourth-order valence-corrected chi connectivity index (χ4v) is 1.69. The fraction of sp³-hybridized carbons (Fsp3) is 1.00. The number of hydrogen-bond donors (Lipinski definition) is 1. The van der Waals surface area contributed by atoms with Crippen molar-refractivity contribution in [3.8, 4) is 0 Å². The van der Waals surface area contributed by atoms with Gasteiger partial charge in [0.05, 0.1) is 0 Å². The van der Waals surface area contributed by atoms with Gasteiger partial charge in [-0.2, -0.15) is 0 Å². The van der Waals surface area contributed by atoms with Gasteiger partial charge in [-0.05, 0) is 47.1 Å². The molecule has 0 aromatic carbocycles. The van der Waals surface area contributed by atoms with Crippen LogP contribution in [-0.2, 0) is 0 Å². The highest BCUT2D eigenvalue weighted by Crippen LogP contribution is 2.07. The third kappa shape index (κ3) is 29.7. The second kappa shape index (κ2) is 19.3. The van der Waals surface area contributed by atoms with E-state index in [0.29, 0.717) is 0 Å². The molecule has 0 spiro atoms. The van der Waals surface area contributed by atoms with Crippen molar-refractivity contribution in [1.29, 1.82) is 0 Å². The van der Waals surface area contributed by atoms with Crippen molar-refractivity contribution in [2.45, 2.75) is 71.6 Å². The molecule has 0 aliphatic carbocycles. The number of nitrogens with zero attached hydrogens (tertiary/aromatic N) is 1. The van der Waals surface area contributed by atoms with E-state index in [1.807, 2.05) is 26.0 Å². The zero-order chi connectivity index (χ0) is 14.1. The molecule has 18 heavy (non-hydrogen) atoms. The highest BCUT2D eigenvalue weighted by atomic mass is 15.0. The monoisotopic (exact) mass is 258 g/mol. The molecule has 0 saturated heterocycles. The lowest BCUT2D eigenvalue weighted by Crippen LogP contribution is -2.15. The van der Waals surface area contributed by atoms with Crippen LogP contribution in [0.2, 0.25) is 0 Å². The Balaban J connectivity index is 0. The summed E-state index contributed by atoms with van der Waals surface area (Å²) >= 11 is 0. The van der Waals surface area contributed by atoms with Gasteiger partial charge in [-0.1, -0.05) is 58.8 Å². The van der Waals surface area contributed by atoms with E-state index in [2.05, 4.69) is 19.2 Å². The molecule has 0 radical (unpaired) electrons. The number of unbranched alkanes of at least 4 members (excludes halogenated alkanes) is 7. The van der Waals surface area contributed by atoms with Crippen molar-refractivity contribution in [3.63, 3.8) is 0 Å². The molecule has 112 valence electrons. The van der Waals surface area contributed by atoms with E-state index >= 15 is 0 Å². The lowest BCUT2D eigenvalue weighted by atomic mass is 10.1. The molecule has 0 rings (SSSR count). The molecule has 2 nitrogen and oxygen atoms in total. The van der Waals surface area contributed by atoms with Crippen LogP contribution in [0.4, 0.5) is 0 Å². The van der Waals surface area contributed by atoms with Gasteiger partial charge in [-0.15, -0.1) is 0 Å². The minimum atomic E-state index is 1.19. The van der Waals surface area contributed by atoms with Gasteiger partial charge in [0.2, 0.25) is 0 Å². The average molecular weight is 258 g/mol. The maximum atomic E-state index is 3.45. The van der Waals surface area contributed by atoms with E-state index in [0.717, 1.165) is 0 Å². The number of rotatable bonds is 11. The first-order valence-electron chi connectivity index (χ1n) is 7.96. The Morgan fingerprint density at radius 3 is 1.50 bits per heavy atom.